The Kier molecular flexibility index (Phi) is 6.03. The monoisotopic (exact) mass is 446 g/mol. The second-order valence-corrected chi connectivity index (χ2v) is 6.95. The van der Waals surface area contributed by atoms with E-state index in [4.69, 9.17) is 13.9 Å². The van der Waals surface area contributed by atoms with Crippen LogP contribution in [0.25, 0.3) is 28.0 Å². The van der Waals surface area contributed by atoms with Gasteiger partial charge in [0.15, 0.2) is 6.61 Å². The number of hydrogen-bond acceptors (Lipinski definition) is 7. The lowest BCUT2D eigenvalue weighted by Crippen LogP contribution is -2.20. The van der Waals surface area contributed by atoms with Crippen molar-refractivity contribution >= 4 is 51.3 Å². The molecule has 0 atom stereocenters. The van der Waals surface area contributed by atoms with Gasteiger partial charge in [0.25, 0.3) is 11.6 Å². The number of carbonyl (C=O) groups is 2. The maximum atomic E-state index is 12.3. The highest BCUT2D eigenvalue weighted by atomic mass is 16.6. The van der Waals surface area contributed by atoms with Crippen LogP contribution in [0.1, 0.15) is 5.56 Å². The summed E-state index contributed by atoms with van der Waals surface area (Å²) < 4.78 is 16.1. The topological polar surface area (TPSA) is 121 Å². The number of furan rings is 1. The van der Waals surface area contributed by atoms with Crippen LogP contribution >= 0.6 is 0 Å². The van der Waals surface area contributed by atoms with E-state index in [2.05, 4.69) is 5.32 Å². The van der Waals surface area contributed by atoms with Gasteiger partial charge < -0.3 is 19.2 Å². The number of ether oxygens (including phenoxy) is 2. The fraction of sp³-hybridized carbons (Fsp3) is 0.0833. The fourth-order valence-corrected chi connectivity index (χ4v) is 3.34. The van der Waals surface area contributed by atoms with Gasteiger partial charge in [-0.3, -0.25) is 14.9 Å². The SMILES string of the molecule is COc1cc2c(cc1NC(=O)COC(=O)/C=C/c1ccccc1[N+](=O)[O-])oc1ccccc12. The maximum Gasteiger partial charge on any atom is 0.331 e. The van der Waals surface area contributed by atoms with Gasteiger partial charge in [-0.25, -0.2) is 4.79 Å². The summed E-state index contributed by atoms with van der Waals surface area (Å²) in [6, 6.07) is 16.9. The Morgan fingerprint density at radius 1 is 1.06 bits per heavy atom. The van der Waals surface area contributed by atoms with E-state index in [1.54, 1.807) is 18.2 Å². The minimum atomic E-state index is -0.817. The summed E-state index contributed by atoms with van der Waals surface area (Å²) in [5, 5.41) is 15.4. The zero-order valence-corrected chi connectivity index (χ0v) is 17.4. The smallest absolute Gasteiger partial charge is 0.331 e. The van der Waals surface area contributed by atoms with E-state index in [-0.39, 0.29) is 11.3 Å². The molecule has 0 bridgehead atoms. The summed E-state index contributed by atoms with van der Waals surface area (Å²) in [4.78, 5) is 34.8. The van der Waals surface area contributed by atoms with Crippen molar-refractivity contribution in [3.8, 4) is 5.75 Å². The van der Waals surface area contributed by atoms with Crippen LogP contribution in [-0.4, -0.2) is 30.5 Å². The van der Waals surface area contributed by atoms with E-state index >= 15 is 0 Å². The summed E-state index contributed by atoms with van der Waals surface area (Å²) in [6.45, 7) is -0.554. The van der Waals surface area contributed by atoms with Gasteiger partial charge in [-0.2, -0.15) is 0 Å². The number of fused-ring (bicyclic) bond motifs is 3. The first kappa shape index (κ1) is 21.6. The predicted octanol–water partition coefficient (Wildman–Crippen LogP) is 4.70. The van der Waals surface area contributed by atoms with Crippen molar-refractivity contribution in [2.75, 3.05) is 19.0 Å². The van der Waals surface area contributed by atoms with E-state index in [1.165, 1.54) is 31.4 Å². The Balaban J connectivity index is 1.43. The average molecular weight is 446 g/mol. The molecule has 0 spiro atoms. The Morgan fingerprint density at radius 2 is 1.82 bits per heavy atom. The molecule has 1 N–H and O–H groups in total. The first-order chi connectivity index (χ1) is 16.0. The third-order valence-electron chi connectivity index (χ3n) is 4.85. The molecular formula is C24H18N2O7. The largest absolute Gasteiger partial charge is 0.495 e. The number of anilines is 1. The normalized spacial score (nSPS) is 11.1. The number of nitrogens with one attached hydrogen (secondary N) is 1. The average Bonchev–Trinajstić information content (AvgIpc) is 3.18. The minimum Gasteiger partial charge on any atom is -0.495 e. The molecule has 1 heterocycles. The van der Waals surface area contributed by atoms with Gasteiger partial charge in [-0.15, -0.1) is 0 Å². The van der Waals surface area contributed by atoms with Crippen molar-refractivity contribution in [1.29, 1.82) is 0 Å². The van der Waals surface area contributed by atoms with Gasteiger partial charge >= 0.3 is 5.97 Å². The zero-order valence-electron chi connectivity index (χ0n) is 17.4. The Hall–Kier alpha value is -4.66. The van der Waals surface area contributed by atoms with Crippen LogP contribution in [0.5, 0.6) is 5.75 Å². The molecule has 9 heteroatoms. The van der Waals surface area contributed by atoms with Gasteiger partial charge in [-0.1, -0.05) is 30.3 Å². The lowest BCUT2D eigenvalue weighted by molar-refractivity contribution is -0.385. The van der Waals surface area contributed by atoms with Gasteiger partial charge in [0.2, 0.25) is 0 Å². The third kappa shape index (κ3) is 4.67. The van der Waals surface area contributed by atoms with Crippen molar-refractivity contribution in [2.24, 2.45) is 0 Å². The molecule has 0 aliphatic heterocycles. The van der Waals surface area contributed by atoms with E-state index in [0.717, 1.165) is 16.8 Å². The van der Waals surface area contributed by atoms with Crippen LogP contribution < -0.4 is 10.1 Å². The van der Waals surface area contributed by atoms with Crippen molar-refractivity contribution in [1.82, 2.24) is 0 Å². The number of nitro groups is 1. The molecular weight excluding hydrogens is 428 g/mol. The first-order valence-electron chi connectivity index (χ1n) is 9.83. The molecule has 1 amide bonds. The predicted molar refractivity (Wildman–Crippen MR) is 122 cm³/mol. The highest BCUT2D eigenvalue weighted by Crippen LogP contribution is 2.36. The molecule has 4 rings (SSSR count). The Labute approximate surface area is 187 Å². The molecule has 9 nitrogen and oxygen atoms in total. The van der Waals surface area contributed by atoms with Crippen LogP contribution in [0.2, 0.25) is 0 Å². The standard InChI is InChI=1S/C24H18N2O7/c1-31-22-12-17-16-7-3-5-9-20(16)33-21(17)13-18(22)25-23(27)14-32-24(28)11-10-15-6-2-4-8-19(15)26(29)30/h2-13H,14H2,1H3,(H,25,27)/b11-10+. The van der Waals surface area contributed by atoms with Crippen molar-refractivity contribution in [2.45, 2.75) is 0 Å². The number of esters is 1. The molecule has 3 aromatic carbocycles. The zero-order chi connectivity index (χ0) is 23.4. The van der Waals surface area contributed by atoms with E-state index in [9.17, 15) is 19.7 Å². The number of rotatable bonds is 7. The molecule has 4 aromatic rings. The number of nitrogens with zero attached hydrogens (tertiary/aromatic N) is 1. The number of hydrogen-bond donors (Lipinski definition) is 1. The lowest BCUT2D eigenvalue weighted by atomic mass is 10.1. The number of para-hydroxylation sites is 2. The quantitative estimate of drug-likeness (QED) is 0.189. The summed E-state index contributed by atoms with van der Waals surface area (Å²) in [5.74, 6) is -0.982. The van der Waals surface area contributed by atoms with E-state index in [0.29, 0.717) is 22.6 Å². The van der Waals surface area contributed by atoms with Crippen LogP contribution in [-0.2, 0) is 14.3 Å². The number of amides is 1. The Bertz CT molecular complexity index is 1400. The lowest BCUT2D eigenvalue weighted by Gasteiger charge is -2.10. The molecule has 0 aliphatic carbocycles. The van der Waals surface area contributed by atoms with Crippen molar-refractivity contribution in [3.63, 3.8) is 0 Å². The van der Waals surface area contributed by atoms with Crippen molar-refractivity contribution < 1.29 is 28.4 Å². The number of nitro benzene ring substituents is 1. The maximum absolute atomic E-state index is 12.3. The van der Waals surface area contributed by atoms with Crippen LogP contribution in [0.3, 0.4) is 0 Å². The summed E-state index contributed by atoms with van der Waals surface area (Å²) in [6.07, 6.45) is 2.29. The number of methoxy groups -OCH3 is 1. The summed E-state index contributed by atoms with van der Waals surface area (Å²) in [7, 11) is 1.48. The third-order valence-corrected chi connectivity index (χ3v) is 4.85. The molecule has 0 radical (unpaired) electrons. The van der Waals surface area contributed by atoms with Crippen LogP contribution in [0.15, 0.2) is 71.2 Å². The van der Waals surface area contributed by atoms with Gasteiger partial charge in [-0.05, 0) is 24.3 Å². The second kappa shape index (κ2) is 9.23. The molecule has 0 fully saturated rings. The van der Waals surface area contributed by atoms with Crippen LogP contribution in [0.4, 0.5) is 11.4 Å². The fourth-order valence-electron chi connectivity index (χ4n) is 3.34. The highest BCUT2D eigenvalue weighted by molar-refractivity contribution is 6.08. The summed E-state index contributed by atoms with van der Waals surface area (Å²) in [5.41, 5.74) is 1.73. The highest BCUT2D eigenvalue weighted by Gasteiger charge is 2.15. The van der Waals surface area contributed by atoms with Crippen molar-refractivity contribution in [3.05, 3.63) is 82.4 Å². The summed E-state index contributed by atoms with van der Waals surface area (Å²) >= 11 is 0. The first-order valence-corrected chi connectivity index (χ1v) is 9.83. The van der Waals surface area contributed by atoms with Gasteiger partial charge in [0.1, 0.15) is 16.9 Å². The van der Waals surface area contributed by atoms with E-state index < -0.39 is 23.4 Å². The number of carbonyl (C=O) groups excluding carboxylic acids is 2. The van der Waals surface area contributed by atoms with Gasteiger partial charge in [0.05, 0.1) is 23.3 Å². The molecule has 0 unspecified atom stereocenters. The molecule has 1 aromatic heterocycles. The van der Waals surface area contributed by atoms with E-state index in [1.807, 2.05) is 24.3 Å². The minimum absolute atomic E-state index is 0.146. The molecule has 0 aliphatic rings. The molecule has 33 heavy (non-hydrogen) atoms. The second-order valence-electron chi connectivity index (χ2n) is 6.95. The van der Waals surface area contributed by atoms with Crippen LogP contribution in [0, 0.1) is 10.1 Å². The molecule has 0 saturated heterocycles. The number of benzene rings is 3. The molecule has 166 valence electrons. The molecule has 0 saturated carbocycles. The Morgan fingerprint density at radius 3 is 2.61 bits per heavy atom. The van der Waals surface area contributed by atoms with Gasteiger partial charge in [0, 0.05) is 29.0 Å².